The Kier molecular flexibility index (Phi) is 7.61. The van der Waals surface area contributed by atoms with Gasteiger partial charge in [0.1, 0.15) is 5.82 Å². The summed E-state index contributed by atoms with van der Waals surface area (Å²) in [6, 6.07) is 4.73. The molecule has 19 heavy (non-hydrogen) atoms. The molecule has 1 aromatic carbocycles. The van der Waals surface area contributed by atoms with E-state index < -0.39 is 5.82 Å². The largest absolute Gasteiger partial charge is 0.352 e. The van der Waals surface area contributed by atoms with Gasteiger partial charge in [0.2, 0.25) is 0 Å². The van der Waals surface area contributed by atoms with Crippen molar-refractivity contribution in [2.75, 3.05) is 11.9 Å². The summed E-state index contributed by atoms with van der Waals surface area (Å²) in [6.07, 6.45) is 3.15. The zero-order valence-corrected chi connectivity index (χ0v) is 14.1. The second-order valence-electron chi connectivity index (χ2n) is 4.44. The van der Waals surface area contributed by atoms with Crippen molar-refractivity contribution in [2.45, 2.75) is 26.2 Å². The van der Waals surface area contributed by atoms with Crippen molar-refractivity contribution in [3.8, 4) is 0 Å². The minimum Gasteiger partial charge on any atom is -0.352 e. The van der Waals surface area contributed by atoms with Crippen molar-refractivity contribution < 1.29 is 9.18 Å². The monoisotopic (exact) mass is 393 g/mol. The SMILES string of the molecule is CCCC(CCBr)CNC(=O)c1cccc(Br)c1F. The van der Waals surface area contributed by atoms with Crippen LogP contribution in [0.5, 0.6) is 0 Å². The summed E-state index contributed by atoms with van der Waals surface area (Å²) in [5, 5.41) is 3.73. The van der Waals surface area contributed by atoms with Gasteiger partial charge in [0.15, 0.2) is 0 Å². The lowest BCUT2D eigenvalue weighted by Crippen LogP contribution is -2.30. The Hall–Kier alpha value is -0.420. The highest BCUT2D eigenvalue weighted by Crippen LogP contribution is 2.19. The fraction of sp³-hybridized carbons (Fsp3) is 0.500. The third-order valence-electron chi connectivity index (χ3n) is 2.96. The third kappa shape index (κ3) is 5.22. The van der Waals surface area contributed by atoms with Gasteiger partial charge in [-0.3, -0.25) is 4.79 Å². The minimum absolute atomic E-state index is 0.0865. The molecule has 0 aliphatic heterocycles. The maximum atomic E-state index is 13.8. The van der Waals surface area contributed by atoms with E-state index in [4.69, 9.17) is 0 Å². The van der Waals surface area contributed by atoms with E-state index in [1.165, 1.54) is 6.07 Å². The van der Waals surface area contributed by atoms with Crippen molar-refractivity contribution in [2.24, 2.45) is 5.92 Å². The van der Waals surface area contributed by atoms with E-state index in [0.29, 0.717) is 16.9 Å². The maximum Gasteiger partial charge on any atom is 0.254 e. The van der Waals surface area contributed by atoms with Crippen LogP contribution in [-0.2, 0) is 0 Å². The average molecular weight is 395 g/mol. The lowest BCUT2D eigenvalue weighted by atomic mass is 10.0. The molecular weight excluding hydrogens is 377 g/mol. The van der Waals surface area contributed by atoms with E-state index in [-0.39, 0.29) is 11.5 Å². The van der Waals surface area contributed by atoms with Crippen molar-refractivity contribution in [1.82, 2.24) is 5.32 Å². The number of benzene rings is 1. The molecule has 0 aromatic heterocycles. The van der Waals surface area contributed by atoms with Crippen LogP contribution in [0.4, 0.5) is 4.39 Å². The van der Waals surface area contributed by atoms with Crippen molar-refractivity contribution in [3.63, 3.8) is 0 Å². The van der Waals surface area contributed by atoms with Crippen LogP contribution in [0.2, 0.25) is 0 Å². The first-order valence-electron chi connectivity index (χ1n) is 6.38. The van der Waals surface area contributed by atoms with Gasteiger partial charge in [-0.25, -0.2) is 4.39 Å². The molecule has 1 atom stereocenters. The van der Waals surface area contributed by atoms with E-state index in [0.717, 1.165) is 24.6 Å². The molecule has 0 fully saturated rings. The molecular formula is C14H18Br2FNO. The van der Waals surface area contributed by atoms with E-state index in [1.54, 1.807) is 12.1 Å². The Balaban J connectivity index is 2.61. The third-order valence-corrected chi connectivity index (χ3v) is 4.03. The molecule has 1 amide bonds. The first-order valence-corrected chi connectivity index (χ1v) is 8.29. The van der Waals surface area contributed by atoms with Crippen LogP contribution in [0.15, 0.2) is 22.7 Å². The predicted molar refractivity (Wildman–Crippen MR) is 83.2 cm³/mol. The van der Waals surface area contributed by atoms with Gasteiger partial charge < -0.3 is 5.32 Å². The molecule has 0 saturated carbocycles. The number of nitrogens with one attached hydrogen (secondary N) is 1. The number of carbonyl (C=O) groups is 1. The van der Waals surface area contributed by atoms with Gasteiger partial charge in [-0.1, -0.05) is 35.3 Å². The standard InChI is InChI=1S/C14H18Br2FNO/c1-2-4-10(7-8-15)9-18-14(19)11-5-3-6-12(16)13(11)17/h3,5-6,10H,2,4,7-9H2,1H3,(H,18,19). The zero-order chi connectivity index (χ0) is 14.3. The van der Waals surface area contributed by atoms with Gasteiger partial charge >= 0.3 is 0 Å². The number of amides is 1. The zero-order valence-electron chi connectivity index (χ0n) is 10.9. The fourth-order valence-corrected chi connectivity index (χ4v) is 2.94. The van der Waals surface area contributed by atoms with Crippen LogP contribution in [0.1, 0.15) is 36.5 Å². The molecule has 2 nitrogen and oxygen atoms in total. The normalized spacial score (nSPS) is 12.2. The quantitative estimate of drug-likeness (QED) is 0.676. The van der Waals surface area contributed by atoms with E-state index in [2.05, 4.69) is 44.1 Å². The van der Waals surface area contributed by atoms with Crippen molar-refractivity contribution in [1.29, 1.82) is 0 Å². The molecule has 1 unspecified atom stereocenters. The summed E-state index contributed by atoms with van der Waals surface area (Å²) in [6.45, 7) is 2.71. The minimum atomic E-state index is -0.507. The molecule has 1 rings (SSSR count). The lowest BCUT2D eigenvalue weighted by molar-refractivity contribution is 0.0942. The molecule has 0 aliphatic carbocycles. The number of hydrogen-bond donors (Lipinski definition) is 1. The summed E-state index contributed by atoms with van der Waals surface area (Å²) < 4.78 is 14.1. The van der Waals surface area contributed by atoms with Gasteiger partial charge in [0.25, 0.3) is 5.91 Å². The first-order chi connectivity index (χ1) is 9.10. The summed E-state index contributed by atoms with van der Waals surface area (Å²) in [7, 11) is 0. The molecule has 1 N–H and O–H groups in total. The summed E-state index contributed by atoms with van der Waals surface area (Å²) in [4.78, 5) is 11.9. The molecule has 1 aromatic rings. The highest BCUT2D eigenvalue weighted by atomic mass is 79.9. The predicted octanol–water partition coefficient (Wildman–Crippen LogP) is 4.52. The number of carbonyl (C=O) groups excluding carboxylic acids is 1. The summed E-state index contributed by atoms with van der Waals surface area (Å²) >= 11 is 6.50. The molecule has 0 heterocycles. The number of alkyl halides is 1. The van der Waals surface area contributed by atoms with Crippen molar-refractivity contribution in [3.05, 3.63) is 34.1 Å². The summed E-state index contributed by atoms with van der Waals surface area (Å²) in [5.41, 5.74) is 0.0865. The fourth-order valence-electron chi connectivity index (χ4n) is 1.92. The van der Waals surface area contributed by atoms with E-state index >= 15 is 0 Å². The molecule has 106 valence electrons. The topological polar surface area (TPSA) is 29.1 Å². The summed E-state index contributed by atoms with van der Waals surface area (Å²) in [5.74, 6) is -0.425. The highest BCUT2D eigenvalue weighted by molar-refractivity contribution is 9.10. The number of halogens is 3. The second-order valence-corrected chi connectivity index (χ2v) is 6.09. The molecule has 0 bridgehead atoms. The van der Waals surface area contributed by atoms with E-state index in [9.17, 15) is 9.18 Å². The molecule has 0 aliphatic rings. The lowest BCUT2D eigenvalue weighted by Gasteiger charge is -2.16. The number of hydrogen-bond acceptors (Lipinski definition) is 1. The first kappa shape index (κ1) is 16.6. The van der Waals surface area contributed by atoms with Crippen LogP contribution in [-0.4, -0.2) is 17.8 Å². The Morgan fingerprint density at radius 2 is 2.16 bits per heavy atom. The van der Waals surface area contributed by atoms with Crippen molar-refractivity contribution >= 4 is 37.8 Å². The van der Waals surface area contributed by atoms with E-state index in [1.807, 2.05) is 0 Å². The van der Waals surface area contributed by atoms with Crippen LogP contribution >= 0.6 is 31.9 Å². The number of rotatable bonds is 7. The molecule has 5 heteroatoms. The van der Waals surface area contributed by atoms with Crippen LogP contribution in [0, 0.1) is 11.7 Å². The van der Waals surface area contributed by atoms with Gasteiger partial charge in [-0.2, -0.15) is 0 Å². The van der Waals surface area contributed by atoms with Crippen LogP contribution < -0.4 is 5.32 Å². The maximum absolute atomic E-state index is 13.8. The van der Waals surface area contributed by atoms with Gasteiger partial charge in [-0.05, 0) is 46.8 Å². The second kappa shape index (κ2) is 8.69. The Labute approximate surface area is 130 Å². The highest BCUT2D eigenvalue weighted by Gasteiger charge is 2.15. The van der Waals surface area contributed by atoms with Gasteiger partial charge in [0, 0.05) is 11.9 Å². The van der Waals surface area contributed by atoms with Gasteiger partial charge in [0.05, 0.1) is 10.0 Å². The Bertz CT molecular complexity index is 420. The van der Waals surface area contributed by atoms with Crippen LogP contribution in [0.3, 0.4) is 0 Å². The molecule has 0 radical (unpaired) electrons. The average Bonchev–Trinajstić information content (AvgIpc) is 2.39. The van der Waals surface area contributed by atoms with Crippen LogP contribution in [0.25, 0.3) is 0 Å². The smallest absolute Gasteiger partial charge is 0.254 e. The Morgan fingerprint density at radius 3 is 2.79 bits per heavy atom. The Morgan fingerprint density at radius 1 is 1.42 bits per heavy atom. The van der Waals surface area contributed by atoms with Gasteiger partial charge in [-0.15, -0.1) is 0 Å². The molecule has 0 spiro atoms. The molecule has 0 saturated heterocycles.